The summed E-state index contributed by atoms with van der Waals surface area (Å²) in [5, 5.41) is 2.84. The summed E-state index contributed by atoms with van der Waals surface area (Å²) in [5.74, 6) is 1.51. The van der Waals surface area contributed by atoms with Gasteiger partial charge in [-0.2, -0.15) is 11.8 Å². The summed E-state index contributed by atoms with van der Waals surface area (Å²) in [6, 6.07) is 3.39. The van der Waals surface area contributed by atoms with Crippen LogP contribution in [0.15, 0.2) is 22.8 Å². The summed E-state index contributed by atoms with van der Waals surface area (Å²) in [7, 11) is 0. The van der Waals surface area contributed by atoms with Crippen LogP contribution in [0, 0.1) is 0 Å². The standard InChI is InChI=1S/C12H19NO2S/c1-16-10-5-3-2-4-8-13-12(14)11-7-6-9-15-11/h6-7,9H,2-5,8,10H2,1H3,(H,13,14). The minimum atomic E-state index is -0.117. The molecule has 0 aliphatic heterocycles. The highest BCUT2D eigenvalue weighted by atomic mass is 32.2. The number of thioether (sulfide) groups is 1. The minimum Gasteiger partial charge on any atom is -0.459 e. The van der Waals surface area contributed by atoms with E-state index >= 15 is 0 Å². The second-order valence-corrected chi connectivity index (χ2v) is 4.63. The molecule has 1 amide bonds. The van der Waals surface area contributed by atoms with Crippen LogP contribution in [0.3, 0.4) is 0 Å². The van der Waals surface area contributed by atoms with Gasteiger partial charge in [-0.25, -0.2) is 0 Å². The van der Waals surface area contributed by atoms with Crippen LogP contribution in [-0.2, 0) is 0 Å². The molecular formula is C12H19NO2S. The second kappa shape index (κ2) is 8.28. The lowest BCUT2D eigenvalue weighted by Gasteiger charge is -2.02. The number of furan rings is 1. The molecule has 0 aliphatic rings. The third-order valence-corrected chi connectivity index (χ3v) is 3.00. The average Bonchev–Trinajstić information content (AvgIpc) is 2.81. The number of amides is 1. The molecule has 4 heteroatoms. The first-order valence-corrected chi connectivity index (χ1v) is 7.04. The van der Waals surface area contributed by atoms with E-state index in [-0.39, 0.29) is 5.91 Å². The van der Waals surface area contributed by atoms with Crippen LogP contribution in [-0.4, -0.2) is 24.5 Å². The van der Waals surface area contributed by atoms with Crippen LogP contribution in [0.25, 0.3) is 0 Å². The van der Waals surface area contributed by atoms with Crippen molar-refractivity contribution in [2.45, 2.75) is 25.7 Å². The molecule has 0 aromatic carbocycles. The van der Waals surface area contributed by atoms with E-state index in [4.69, 9.17) is 4.42 Å². The molecule has 1 heterocycles. The van der Waals surface area contributed by atoms with Gasteiger partial charge in [-0.1, -0.05) is 12.8 Å². The number of carbonyl (C=O) groups is 1. The summed E-state index contributed by atoms with van der Waals surface area (Å²) in [5.41, 5.74) is 0. The maximum atomic E-state index is 11.4. The van der Waals surface area contributed by atoms with Crippen molar-refractivity contribution in [3.05, 3.63) is 24.2 Å². The van der Waals surface area contributed by atoms with E-state index in [9.17, 15) is 4.79 Å². The molecule has 1 aromatic rings. The van der Waals surface area contributed by atoms with Crippen molar-refractivity contribution in [2.24, 2.45) is 0 Å². The van der Waals surface area contributed by atoms with Gasteiger partial charge >= 0.3 is 0 Å². The van der Waals surface area contributed by atoms with Crippen LogP contribution in [0.4, 0.5) is 0 Å². The predicted molar refractivity (Wildman–Crippen MR) is 67.9 cm³/mol. The number of rotatable bonds is 8. The van der Waals surface area contributed by atoms with E-state index in [1.54, 1.807) is 12.1 Å². The lowest BCUT2D eigenvalue weighted by atomic mass is 10.2. The summed E-state index contributed by atoms with van der Waals surface area (Å²) in [6.45, 7) is 0.735. The van der Waals surface area contributed by atoms with Gasteiger partial charge in [-0.3, -0.25) is 4.79 Å². The Hall–Kier alpha value is -0.900. The highest BCUT2D eigenvalue weighted by Gasteiger charge is 2.06. The molecule has 0 aliphatic carbocycles. The molecule has 0 bridgehead atoms. The van der Waals surface area contributed by atoms with Gasteiger partial charge < -0.3 is 9.73 Å². The monoisotopic (exact) mass is 241 g/mol. The molecule has 3 nitrogen and oxygen atoms in total. The molecule has 0 radical (unpaired) electrons. The van der Waals surface area contributed by atoms with E-state index in [0.717, 1.165) is 13.0 Å². The maximum absolute atomic E-state index is 11.4. The van der Waals surface area contributed by atoms with Crippen molar-refractivity contribution in [3.63, 3.8) is 0 Å². The Labute approximate surface area is 101 Å². The zero-order valence-electron chi connectivity index (χ0n) is 9.70. The Morgan fingerprint density at radius 1 is 1.38 bits per heavy atom. The van der Waals surface area contributed by atoms with Crippen molar-refractivity contribution < 1.29 is 9.21 Å². The Kier molecular flexibility index (Phi) is 6.81. The van der Waals surface area contributed by atoms with Gasteiger partial charge in [-0.05, 0) is 37.0 Å². The van der Waals surface area contributed by atoms with Gasteiger partial charge in [0.1, 0.15) is 0 Å². The Morgan fingerprint density at radius 2 is 2.19 bits per heavy atom. The van der Waals surface area contributed by atoms with Crippen LogP contribution >= 0.6 is 11.8 Å². The number of nitrogens with one attached hydrogen (secondary N) is 1. The fourth-order valence-corrected chi connectivity index (χ4v) is 1.91. The number of carbonyl (C=O) groups excluding carboxylic acids is 1. The van der Waals surface area contributed by atoms with E-state index in [1.165, 1.54) is 31.3 Å². The first-order valence-electron chi connectivity index (χ1n) is 5.65. The van der Waals surface area contributed by atoms with E-state index in [2.05, 4.69) is 11.6 Å². The quantitative estimate of drug-likeness (QED) is 0.712. The second-order valence-electron chi connectivity index (χ2n) is 3.64. The molecule has 1 N–H and O–H groups in total. The molecule has 0 saturated heterocycles. The van der Waals surface area contributed by atoms with Crippen LogP contribution in [0.2, 0.25) is 0 Å². The Balaban J connectivity index is 1.97. The smallest absolute Gasteiger partial charge is 0.286 e. The molecule has 0 saturated carbocycles. The van der Waals surface area contributed by atoms with E-state index in [1.807, 2.05) is 11.8 Å². The van der Waals surface area contributed by atoms with Gasteiger partial charge in [0.25, 0.3) is 5.91 Å². The molecule has 0 atom stereocenters. The largest absolute Gasteiger partial charge is 0.459 e. The first-order chi connectivity index (χ1) is 7.84. The molecule has 0 unspecified atom stereocenters. The predicted octanol–water partition coefficient (Wildman–Crippen LogP) is 2.93. The lowest BCUT2D eigenvalue weighted by molar-refractivity contribution is 0.0925. The Morgan fingerprint density at radius 3 is 2.88 bits per heavy atom. The van der Waals surface area contributed by atoms with Crippen LogP contribution in [0.5, 0.6) is 0 Å². The topological polar surface area (TPSA) is 42.2 Å². The first kappa shape index (κ1) is 13.2. The highest BCUT2D eigenvalue weighted by molar-refractivity contribution is 7.98. The van der Waals surface area contributed by atoms with Gasteiger partial charge in [-0.15, -0.1) is 0 Å². The van der Waals surface area contributed by atoms with Crippen molar-refractivity contribution in [1.29, 1.82) is 0 Å². The molecule has 16 heavy (non-hydrogen) atoms. The third kappa shape index (κ3) is 5.26. The van der Waals surface area contributed by atoms with Crippen molar-refractivity contribution >= 4 is 17.7 Å². The molecule has 1 rings (SSSR count). The highest BCUT2D eigenvalue weighted by Crippen LogP contribution is 2.04. The van der Waals surface area contributed by atoms with Crippen LogP contribution in [0.1, 0.15) is 36.2 Å². The van der Waals surface area contributed by atoms with Crippen molar-refractivity contribution in [1.82, 2.24) is 5.32 Å². The van der Waals surface area contributed by atoms with Gasteiger partial charge in [0.2, 0.25) is 0 Å². The number of hydrogen-bond acceptors (Lipinski definition) is 3. The fourth-order valence-electron chi connectivity index (χ4n) is 1.42. The lowest BCUT2D eigenvalue weighted by Crippen LogP contribution is -2.23. The van der Waals surface area contributed by atoms with Gasteiger partial charge in [0.15, 0.2) is 5.76 Å². The normalized spacial score (nSPS) is 10.3. The molecule has 0 fully saturated rings. The van der Waals surface area contributed by atoms with Gasteiger partial charge in [0, 0.05) is 6.54 Å². The fraction of sp³-hybridized carbons (Fsp3) is 0.583. The summed E-state index contributed by atoms with van der Waals surface area (Å²) in [4.78, 5) is 11.4. The zero-order chi connectivity index (χ0) is 11.6. The zero-order valence-corrected chi connectivity index (χ0v) is 10.5. The number of hydrogen-bond donors (Lipinski definition) is 1. The average molecular weight is 241 g/mol. The molecule has 1 aromatic heterocycles. The van der Waals surface area contributed by atoms with Crippen molar-refractivity contribution in [2.75, 3.05) is 18.6 Å². The third-order valence-electron chi connectivity index (χ3n) is 2.31. The minimum absolute atomic E-state index is 0.117. The summed E-state index contributed by atoms with van der Waals surface area (Å²) >= 11 is 1.89. The summed E-state index contributed by atoms with van der Waals surface area (Å²) < 4.78 is 4.99. The van der Waals surface area contributed by atoms with E-state index in [0.29, 0.717) is 5.76 Å². The summed E-state index contributed by atoms with van der Waals surface area (Å²) in [6.07, 6.45) is 8.38. The molecule has 0 spiro atoms. The van der Waals surface area contributed by atoms with E-state index < -0.39 is 0 Å². The Bertz CT molecular complexity index is 285. The molecule has 90 valence electrons. The van der Waals surface area contributed by atoms with Crippen molar-refractivity contribution in [3.8, 4) is 0 Å². The number of unbranched alkanes of at least 4 members (excludes halogenated alkanes) is 3. The molecular weight excluding hydrogens is 222 g/mol. The van der Waals surface area contributed by atoms with Gasteiger partial charge in [0.05, 0.1) is 6.26 Å². The SMILES string of the molecule is CSCCCCCCNC(=O)c1ccco1. The van der Waals surface area contributed by atoms with Crippen LogP contribution < -0.4 is 5.32 Å². The maximum Gasteiger partial charge on any atom is 0.286 e.